The molecule has 0 saturated carbocycles. The summed E-state index contributed by atoms with van der Waals surface area (Å²) in [6.45, 7) is 5.72. The minimum Gasteiger partial charge on any atom is -0.478 e. The fraction of sp³-hybridized carbons (Fsp3) is 0.840. The SMILES string of the molecule is CCCCCCCCCCCCCCCCCCCNc1cc(OCC)nc(N)n1. The Balaban J connectivity index is 1.83. The van der Waals surface area contributed by atoms with Gasteiger partial charge in [-0.2, -0.15) is 9.97 Å². The molecule has 0 unspecified atom stereocenters. The van der Waals surface area contributed by atoms with Crippen LogP contribution in [0.1, 0.15) is 123 Å². The molecule has 0 aliphatic carbocycles. The second-order valence-electron chi connectivity index (χ2n) is 8.47. The van der Waals surface area contributed by atoms with Gasteiger partial charge in [0, 0.05) is 12.6 Å². The summed E-state index contributed by atoms with van der Waals surface area (Å²) in [5, 5.41) is 3.33. The number of hydrogen-bond donors (Lipinski definition) is 2. The number of nitrogens with two attached hydrogens (primary N) is 1. The minimum absolute atomic E-state index is 0.255. The summed E-state index contributed by atoms with van der Waals surface area (Å²) in [5.41, 5.74) is 5.72. The number of ether oxygens (including phenoxy) is 1. The van der Waals surface area contributed by atoms with E-state index in [1.807, 2.05) is 13.0 Å². The van der Waals surface area contributed by atoms with E-state index in [1.165, 1.54) is 103 Å². The summed E-state index contributed by atoms with van der Waals surface area (Å²) in [5.74, 6) is 1.54. The molecule has 174 valence electrons. The van der Waals surface area contributed by atoms with Crippen LogP contribution in [-0.4, -0.2) is 23.1 Å². The van der Waals surface area contributed by atoms with E-state index in [4.69, 9.17) is 10.5 Å². The zero-order valence-electron chi connectivity index (χ0n) is 19.9. The Morgan fingerprint density at radius 1 is 0.700 bits per heavy atom. The van der Waals surface area contributed by atoms with E-state index in [0.717, 1.165) is 18.8 Å². The highest BCUT2D eigenvalue weighted by Crippen LogP contribution is 2.16. The first-order valence-electron chi connectivity index (χ1n) is 12.8. The van der Waals surface area contributed by atoms with E-state index in [2.05, 4.69) is 22.2 Å². The van der Waals surface area contributed by atoms with E-state index in [1.54, 1.807) is 0 Å². The molecule has 1 heterocycles. The van der Waals surface area contributed by atoms with E-state index < -0.39 is 0 Å². The van der Waals surface area contributed by atoms with Crippen LogP contribution in [0.3, 0.4) is 0 Å². The van der Waals surface area contributed by atoms with Gasteiger partial charge in [0.25, 0.3) is 0 Å². The molecule has 0 aliphatic heterocycles. The second-order valence-corrected chi connectivity index (χ2v) is 8.47. The standard InChI is InChI=1S/C25H48N4O/c1-3-5-6-7-8-9-10-11-12-13-14-15-16-17-18-19-20-21-27-23-22-24(30-4-2)29-25(26)28-23/h22H,3-21H2,1-2H3,(H3,26,27,28,29). The fourth-order valence-electron chi connectivity index (χ4n) is 3.82. The maximum Gasteiger partial charge on any atom is 0.225 e. The number of rotatable bonds is 21. The minimum atomic E-state index is 0.255. The number of unbranched alkanes of at least 4 members (excludes halogenated alkanes) is 16. The Kier molecular flexibility index (Phi) is 17.2. The average Bonchev–Trinajstić information content (AvgIpc) is 2.73. The van der Waals surface area contributed by atoms with Gasteiger partial charge in [0.1, 0.15) is 5.82 Å². The lowest BCUT2D eigenvalue weighted by Crippen LogP contribution is -2.07. The third-order valence-electron chi connectivity index (χ3n) is 5.60. The number of hydrogen-bond acceptors (Lipinski definition) is 5. The molecule has 3 N–H and O–H groups in total. The fourth-order valence-corrected chi connectivity index (χ4v) is 3.82. The van der Waals surface area contributed by atoms with Gasteiger partial charge in [0.2, 0.25) is 11.8 Å². The lowest BCUT2D eigenvalue weighted by atomic mass is 10.0. The van der Waals surface area contributed by atoms with Crippen molar-refractivity contribution in [1.82, 2.24) is 9.97 Å². The first-order valence-corrected chi connectivity index (χ1v) is 12.8. The van der Waals surface area contributed by atoms with Crippen LogP contribution in [-0.2, 0) is 0 Å². The van der Waals surface area contributed by atoms with E-state index >= 15 is 0 Å². The van der Waals surface area contributed by atoms with Crippen LogP contribution in [0, 0.1) is 0 Å². The molecule has 0 fully saturated rings. The molecule has 30 heavy (non-hydrogen) atoms. The molecule has 5 heteroatoms. The molecular weight excluding hydrogens is 372 g/mol. The van der Waals surface area contributed by atoms with Crippen LogP contribution in [0.15, 0.2) is 6.07 Å². The lowest BCUT2D eigenvalue weighted by Gasteiger charge is -2.08. The average molecular weight is 421 g/mol. The van der Waals surface area contributed by atoms with E-state index in [0.29, 0.717) is 12.5 Å². The second kappa shape index (κ2) is 19.4. The topological polar surface area (TPSA) is 73.1 Å². The smallest absolute Gasteiger partial charge is 0.225 e. The van der Waals surface area contributed by atoms with E-state index in [9.17, 15) is 0 Å². The van der Waals surface area contributed by atoms with Gasteiger partial charge in [-0.25, -0.2) is 0 Å². The Hall–Kier alpha value is -1.52. The number of nitrogens with zero attached hydrogens (tertiary/aromatic N) is 2. The van der Waals surface area contributed by atoms with E-state index in [-0.39, 0.29) is 5.95 Å². The zero-order valence-corrected chi connectivity index (χ0v) is 19.9. The molecule has 5 nitrogen and oxygen atoms in total. The van der Waals surface area contributed by atoms with Crippen LogP contribution < -0.4 is 15.8 Å². The highest BCUT2D eigenvalue weighted by molar-refractivity contribution is 5.42. The summed E-state index contributed by atoms with van der Waals surface area (Å²) in [4.78, 5) is 8.26. The van der Waals surface area contributed by atoms with Crippen molar-refractivity contribution in [3.8, 4) is 5.88 Å². The Morgan fingerprint density at radius 2 is 1.17 bits per heavy atom. The molecule has 0 aromatic carbocycles. The van der Waals surface area contributed by atoms with Crippen LogP contribution in [0.4, 0.5) is 11.8 Å². The van der Waals surface area contributed by atoms with Gasteiger partial charge in [-0.1, -0.05) is 110 Å². The molecule has 0 saturated heterocycles. The van der Waals surface area contributed by atoms with Crippen molar-refractivity contribution in [2.75, 3.05) is 24.2 Å². The van der Waals surface area contributed by atoms with Crippen LogP contribution in [0.25, 0.3) is 0 Å². The van der Waals surface area contributed by atoms with Crippen molar-refractivity contribution < 1.29 is 4.74 Å². The van der Waals surface area contributed by atoms with Gasteiger partial charge in [-0.15, -0.1) is 0 Å². The molecule has 1 aromatic rings. The van der Waals surface area contributed by atoms with Crippen molar-refractivity contribution in [1.29, 1.82) is 0 Å². The highest BCUT2D eigenvalue weighted by Gasteiger charge is 2.02. The summed E-state index contributed by atoms with van der Waals surface area (Å²) in [7, 11) is 0. The lowest BCUT2D eigenvalue weighted by molar-refractivity contribution is 0.327. The maximum atomic E-state index is 5.72. The largest absolute Gasteiger partial charge is 0.478 e. The third-order valence-corrected chi connectivity index (χ3v) is 5.60. The number of anilines is 2. The number of nitrogens with one attached hydrogen (secondary N) is 1. The van der Waals surface area contributed by atoms with Gasteiger partial charge < -0.3 is 15.8 Å². The van der Waals surface area contributed by atoms with Gasteiger partial charge >= 0.3 is 0 Å². The predicted molar refractivity (Wildman–Crippen MR) is 130 cm³/mol. The van der Waals surface area contributed by atoms with Crippen molar-refractivity contribution in [3.63, 3.8) is 0 Å². The normalized spacial score (nSPS) is 11.0. The molecule has 0 radical (unpaired) electrons. The summed E-state index contributed by atoms with van der Waals surface area (Å²) < 4.78 is 5.40. The van der Waals surface area contributed by atoms with Crippen molar-refractivity contribution >= 4 is 11.8 Å². The van der Waals surface area contributed by atoms with Gasteiger partial charge in [-0.3, -0.25) is 0 Å². The van der Waals surface area contributed by atoms with Crippen molar-refractivity contribution in [2.24, 2.45) is 0 Å². The molecule has 0 atom stereocenters. The van der Waals surface area contributed by atoms with Crippen LogP contribution >= 0.6 is 0 Å². The highest BCUT2D eigenvalue weighted by atomic mass is 16.5. The Bertz CT molecular complexity index is 510. The third kappa shape index (κ3) is 15.3. The quantitative estimate of drug-likeness (QED) is 0.201. The number of nitrogen functional groups attached to an aromatic ring is 1. The predicted octanol–water partition coefficient (Wildman–Crippen LogP) is 7.52. The van der Waals surface area contributed by atoms with Gasteiger partial charge in [0.15, 0.2) is 0 Å². The van der Waals surface area contributed by atoms with Gasteiger partial charge in [-0.05, 0) is 13.3 Å². The number of aromatic nitrogens is 2. The van der Waals surface area contributed by atoms with Crippen LogP contribution in [0.5, 0.6) is 5.88 Å². The first-order chi connectivity index (χ1) is 14.8. The molecule has 0 bridgehead atoms. The monoisotopic (exact) mass is 420 g/mol. The molecular formula is C25H48N4O. The Labute approximate surface area is 186 Å². The molecule has 1 rings (SSSR count). The maximum absolute atomic E-state index is 5.72. The van der Waals surface area contributed by atoms with Gasteiger partial charge in [0.05, 0.1) is 6.61 Å². The molecule has 1 aromatic heterocycles. The summed E-state index contributed by atoms with van der Waals surface area (Å²) >= 11 is 0. The molecule has 0 spiro atoms. The van der Waals surface area contributed by atoms with Crippen molar-refractivity contribution in [3.05, 3.63) is 6.07 Å². The molecule has 0 amide bonds. The zero-order chi connectivity index (χ0) is 21.7. The Morgan fingerprint density at radius 3 is 1.63 bits per heavy atom. The summed E-state index contributed by atoms with van der Waals surface area (Å²) in [6, 6.07) is 1.81. The first kappa shape index (κ1) is 26.5. The van der Waals surface area contributed by atoms with Crippen LogP contribution in [0.2, 0.25) is 0 Å². The molecule has 0 aliphatic rings. The summed E-state index contributed by atoms with van der Waals surface area (Å²) in [6.07, 6.45) is 23.7. The van der Waals surface area contributed by atoms with Crippen molar-refractivity contribution in [2.45, 2.75) is 123 Å².